The van der Waals surface area contributed by atoms with Gasteiger partial charge in [-0.3, -0.25) is 9.59 Å². The Morgan fingerprint density at radius 1 is 0.448 bits per heavy atom. The summed E-state index contributed by atoms with van der Waals surface area (Å²) < 4.78 is 88.3. The van der Waals surface area contributed by atoms with Crippen LogP contribution in [0.4, 0.5) is 37.7 Å². The van der Waals surface area contributed by atoms with Crippen molar-refractivity contribution in [1.29, 1.82) is 0 Å². The van der Waals surface area contributed by atoms with Crippen LogP contribution in [0.3, 0.4) is 0 Å². The van der Waals surface area contributed by atoms with E-state index in [9.17, 15) is 35.9 Å². The zero-order valence-corrected chi connectivity index (χ0v) is 32.9. The van der Waals surface area contributed by atoms with Crippen molar-refractivity contribution in [2.75, 3.05) is 0 Å². The number of allylic oxidation sites excluding steroid dienone is 10. The lowest BCUT2D eigenvalue weighted by atomic mass is 9.71. The van der Waals surface area contributed by atoms with Crippen molar-refractivity contribution < 1.29 is 35.9 Å². The molecule has 6 aliphatic carbocycles. The number of alkyl halides is 6. The third-order valence-corrected chi connectivity index (χ3v) is 12.7. The van der Waals surface area contributed by atoms with Gasteiger partial charge in [-0.15, -0.1) is 10.2 Å². The fourth-order valence-electron chi connectivity index (χ4n) is 9.34. The molecule has 0 aromatic heterocycles. The van der Waals surface area contributed by atoms with Gasteiger partial charge in [0, 0.05) is 33.4 Å². The van der Waals surface area contributed by atoms with Gasteiger partial charge in [0.15, 0.2) is 11.6 Å². The number of carbonyl (C=O) groups excluding carboxylic acids is 2. The quantitative estimate of drug-likeness (QED) is 0.222. The molecule has 14 heteroatoms. The molecule has 0 N–H and O–H groups in total. The summed E-state index contributed by atoms with van der Waals surface area (Å²) in [5, 5.41) is 15.6. The number of halogens is 8. The van der Waals surface area contributed by atoms with Gasteiger partial charge in [0.05, 0.1) is 33.6 Å². The predicted octanol–water partition coefficient (Wildman–Crippen LogP) is 15.3. The Labute approximate surface area is 341 Å². The second kappa shape index (κ2) is 16.0. The van der Waals surface area contributed by atoms with Gasteiger partial charge in [0.1, 0.15) is 11.4 Å². The van der Waals surface area contributed by atoms with Crippen LogP contribution in [0.2, 0.25) is 10.0 Å². The number of Topliss-reactive ketones (excluding diaryl/α,β-unsaturated/α-hetero) is 2. The first-order chi connectivity index (χ1) is 27.7. The largest absolute Gasteiger partial charge is 0.417 e. The Morgan fingerprint density at radius 2 is 0.724 bits per heavy atom. The average molecular weight is 840 g/mol. The third-order valence-electron chi connectivity index (χ3n) is 12.0. The van der Waals surface area contributed by atoms with Crippen LogP contribution in [0.1, 0.15) is 114 Å². The highest BCUT2D eigenvalue weighted by Gasteiger charge is 2.40. The Morgan fingerprint density at radius 3 is 1.00 bits per heavy atom. The molecule has 0 saturated heterocycles. The lowest BCUT2D eigenvalue weighted by molar-refractivity contribution is -0.139. The first-order valence-corrected chi connectivity index (χ1v) is 20.5. The highest BCUT2D eigenvalue weighted by molar-refractivity contribution is 6.34. The maximum absolute atomic E-state index is 14.7. The highest BCUT2D eigenvalue weighted by atomic mass is 35.5. The number of hydrogen-bond acceptors (Lipinski definition) is 6. The number of hydrogen-bond donors (Lipinski definition) is 0. The molecule has 2 aromatic rings. The fourth-order valence-corrected chi connectivity index (χ4v) is 9.74. The van der Waals surface area contributed by atoms with Crippen LogP contribution in [0.15, 0.2) is 113 Å². The molecule has 6 nitrogen and oxygen atoms in total. The van der Waals surface area contributed by atoms with Crippen LogP contribution in [-0.4, -0.2) is 11.6 Å². The summed E-state index contributed by atoms with van der Waals surface area (Å²) in [6.07, 6.45) is 5.06. The van der Waals surface area contributed by atoms with Crippen molar-refractivity contribution in [3.05, 3.63) is 114 Å². The summed E-state index contributed by atoms with van der Waals surface area (Å²) in [7, 11) is 0. The maximum Gasteiger partial charge on any atom is 0.417 e. The van der Waals surface area contributed by atoms with Crippen molar-refractivity contribution in [3.8, 4) is 11.1 Å². The molecule has 2 aromatic carbocycles. The van der Waals surface area contributed by atoms with Crippen LogP contribution < -0.4 is 0 Å². The van der Waals surface area contributed by atoms with Crippen molar-refractivity contribution >= 4 is 46.1 Å². The summed E-state index contributed by atoms with van der Waals surface area (Å²) >= 11 is 12.9. The molecule has 0 bridgehead atoms. The maximum atomic E-state index is 14.7. The minimum Gasteiger partial charge on any atom is -0.289 e. The number of azo groups is 2. The van der Waals surface area contributed by atoms with E-state index in [4.69, 9.17) is 23.2 Å². The van der Waals surface area contributed by atoms with Gasteiger partial charge in [-0.2, -0.15) is 36.6 Å². The zero-order chi connectivity index (χ0) is 40.9. The van der Waals surface area contributed by atoms with Gasteiger partial charge in [-0.25, -0.2) is 0 Å². The molecule has 0 radical (unpaired) electrons. The van der Waals surface area contributed by atoms with Crippen LogP contribution in [0, 0.1) is 0 Å². The van der Waals surface area contributed by atoms with E-state index in [0.29, 0.717) is 63.5 Å². The molecule has 0 atom stereocenters. The minimum atomic E-state index is -5.13. The molecular weight excluding hydrogens is 801 g/mol. The SMILES string of the molecule is O=C1C2=C(CCCC2)C(=C/N=N/c2cc(C(F)(F)F)c(-c3cc(Cl)c(/N=N/C=C4C5=C(CCCC5)C(=O)C5=C4CCCC5)cc3C(F)(F)F)cc2Cl)C2=C1CCCC2. The van der Waals surface area contributed by atoms with E-state index in [-0.39, 0.29) is 21.6 Å². The smallest absolute Gasteiger partial charge is 0.289 e. The van der Waals surface area contributed by atoms with Crippen molar-refractivity contribution in [2.45, 2.75) is 115 Å². The molecule has 58 heavy (non-hydrogen) atoms. The van der Waals surface area contributed by atoms with Gasteiger partial charge in [-0.05, 0) is 160 Å². The van der Waals surface area contributed by atoms with E-state index in [0.717, 1.165) is 119 Å². The van der Waals surface area contributed by atoms with E-state index < -0.39 is 46.0 Å². The Bertz CT molecular complexity index is 2150. The first-order valence-electron chi connectivity index (χ1n) is 19.7. The van der Waals surface area contributed by atoms with Gasteiger partial charge in [-0.1, -0.05) is 23.2 Å². The number of ketones is 2. The summed E-state index contributed by atoms with van der Waals surface area (Å²) in [6.45, 7) is 0. The summed E-state index contributed by atoms with van der Waals surface area (Å²) in [6, 6.07) is 2.73. The zero-order valence-electron chi connectivity index (χ0n) is 31.4. The van der Waals surface area contributed by atoms with Crippen LogP contribution in [-0.2, 0) is 21.9 Å². The molecular formula is C44H38Cl2F6N4O2. The third kappa shape index (κ3) is 7.62. The monoisotopic (exact) mass is 838 g/mol. The normalized spacial score (nSPS) is 20.6. The molecule has 0 saturated carbocycles. The lowest BCUT2D eigenvalue weighted by Crippen LogP contribution is -2.23. The molecule has 0 aliphatic heterocycles. The van der Waals surface area contributed by atoms with Crippen LogP contribution in [0.5, 0.6) is 0 Å². The van der Waals surface area contributed by atoms with Crippen LogP contribution >= 0.6 is 23.2 Å². The molecule has 302 valence electrons. The molecule has 0 amide bonds. The number of nitrogens with zero attached hydrogens (tertiary/aromatic N) is 4. The van der Waals surface area contributed by atoms with E-state index in [1.807, 2.05) is 0 Å². The van der Waals surface area contributed by atoms with Gasteiger partial charge in [0.2, 0.25) is 0 Å². The van der Waals surface area contributed by atoms with Crippen molar-refractivity contribution in [1.82, 2.24) is 0 Å². The summed E-state index contributed by atoms with van der Waals surface area (Å²) in [5.74, 6) is 0.145. The minimum absolute atomic E-state index is 0.0724. The second-order valence-electron chi connectivity index (χ2n) is 15.5. The Hall–Kier alpha value is -4.42. The second-order valence-corrected chi connectivity index (χ2v) is 16.3. The predicted molar refractivity (Wildman–Crippen MR) is 209 cm³/mol. The molecule has 0 fully saturated rings. The number of carbonyl (C=O) groups is 2. The first kappa shape index (κ1) is 40.4. The van der Waals surface area contributed by atoms with E-state index in [1.54, 1.807) is 0 Å². The topological polar surface area (TPSA) is 83.6 Å². The van der Waals surface area contributed by atoms with E-state index in [2.05, 4.69) is 20.5 Å². The van der Waals surface area contributed by atoms with E-state index in [1.165, 1.54) is 12.4 Å². The standard InChI is InChI=1S/C44H38Cl2F6N4O2/c45-37-17-31(35(43(47,48)49)19-39(37)55-53-21-33-23-9-1-5-13-27(23)41(57)28-14-6-2-10-24(28)33)32-18-38(46)40(20-36(32)44(50,51)52)56-54-22-34-25-11-3-7-15-29(25)42(58)30-16-8-4-12-26(30)34/h17-22H,1-16H2/b55-53+,56-54+. The molecule has 6 aliphatic rings. The van der Waals surface area contributed by atoms with E-state index >= 15 is 0 Å². The number of benzene rings is 2. The molecule has 0 heterocycles. The summed E-state index contributed by atoms with van der Waals surface area (Å²) in [5.41, 5.74) is 2.77. The summed E-state index contributed by atoms with van der Waals surface area (Å²) in [4.78, 5) is 26.5. The molecule has 0 unspecified atom stereocenters. The Balaban J connectivity index is 1.16. The molecule has 0 spiro atoms. The number of rotatable bonds is 5. The van der Waals surface area contributed by atoms with Gasteiger partial charge >= 0.3 is 12.4 Å². The average Bonchev–Trinajstić information content (AvgIpc) is 3.20. The lowest BCUT2D eigenvalue weighted by Gasteiger charge is -2.32. The van der Waals surface area contributed by atoms with Gasteiger partial charge in [0.25, 0.3) is 0 Å². The highest BCUT2D eigenvalue weighted by Crippen LogP contribution is 2.50. The Kier molecular flexibility index (Phi) is 11.1. The molecule has 8 rings (SSSR count). The van der Waals surface area contributed by atoms with Crippen molar-refractivity contribution in [3.63, 3.8) is 0 Å². The van der Waals surface area contributed by atoms with Crippen LogP contribution in [0.25, 0.3) is 11.1 Å². The van der Waals surface area contributed by atoms with Gasteiger partial charge < -0.3 is 0 Å². The van der Waals surface area contributed by atoms with Crippen molar-refractivity contribution in [2.24, 2.45) is 20.5 Å². The fraction of sp³-hybridized carbons (Fsp3) is 0.409.